The minimum Gasteiger partial charge on any atom is -0.345 e. The molecular formula is C13H17N3O2. The van der Waals surface area contributed by atoms with Crippen LogP contribution in [0.3, 0.4) is 0 Å². The summed E-state index contributed by atoms with van der Waals surface area (Å²) in [5.74, 6) is -0.0137. The molecule has 1 aliphatic heterocycles. The van der Waals surface area contributed by atoms with Crippen LogP contribution in [0.4, 0.5) is 5.69 Å². The molecule has 0 radical (unpaired) electrons. The van der Waals surface area contributed by atoms with E-state index in [9.17, 15) is 9.59 Å². The molecule has 5 nitrogen and oxygen atoms in total. The molecule has 96 valence electrons. The summed E-state index contributed by atoms with van der Waals surface area (Å²) in [6, 6.07) is 6.93. The average molecular weight is 247 g/mol. The standard InChI is InChI=1S/C13H17N3O2/c1-15(2)13(18)9-3-5-11(6-4-9)16-8-10(14)7-12(16)17/h3-6,10H,7-8,14H2,1-2H3. The third-order valence-corrected chi connectivity index (χ3v) is 2.99. The normalized spacial score (nSPS) is 19.2. The van der Waals surface area contributed by atoms with E-state index >= 15 is 0 Å². The minimum absolute atomic E-state index is 0.0363. The maximum absolute atomic E-state index is 11.7. The summed E-state index contributed by atoms with van der Waals surface area (Å²) in [6.45, 7) is 0.541. The summed E-state index contributed by atoms with van der Waals surface area (Å²) >= 11 is 0. The van der Waals surface area contributed by atoms with Gasteiger partial charge in [0.15, 0.2) is 0 Å². The van der Waals surface area contributed by atoms with Crippen molar-refractivity contribution in [2.45, 2.75) is 12.5 Å². The van der Waals surface area contributed by atoms with Crippen LogP contribution in [0.5, 0.6) is 0 Å². The fraction of sp³-hybridized carbons (Fsp3) is 0.385. The first kappa shape index (κ1) is 12.6. The Hall–Kier alpha value is -1.88. The number of nitrogens with zero attached hydrogens (tertiary/aromatic N) is 2. The SMILES string of the molecule is CN(C)C(=O)c1ccc(N2CC(N)CC2=O)cc1. The van der Waals surface area contributed by atoms with Crippen molar-refractivity contribution in [3.05, 3.63) is 29.8 Å². The van der Waals surface area contributed by atoms with E-state index in [4.69, 9.17) is 5.73 Å². The number of rotatable bonds is 2. The Morgan fingerprint density at radius 2 is 1.94 bits per heavy atom. The topological polar surface area (TPSA) is 66.6 Å². The Kier molecular flexibility index (Phi) is 3.34. The third-order valence-electron chi connectivity index (χ3n) is 2.99. The van der Waals surface area contributed by atoms with Gasteiger partial charge in [-0.15, -0.1) is 0 Å². The van der Waals surface area contributed by atoms with Crippen molar-refractivity contribution in [2.24, 2.45) is 5.73 Å². The number of carbonyl (C=O) groups is 2. The molecule has 1 heterocycles. The molecule has 0 spiro atoms. The number of benzene rings is 1. The Labute approximate surface area is 106 Å². The molecule has 5 heteroatoms. The maximum Gasteiger partial charge on any atom is 0.253 e. The summed E-state index contributed by atoms with van der Waals surface area (Å²) in [5, 5.41) is 0. The van der Waals surface area contributed by atoms with Crippen molar-refractivity contribution in [1.82, 2.24) is 4.90 Å². The van der Waals surface area contributed by atoms with E-state index in [1.54, 1.807) is 43.3 Å². The highest BCUT2D eigenvalue weighted by Gasteiger charge is 2.27. The molecule has 2 amide bonds. The van der Waals surface area contributed by atoms with Crippen LogP contribution in [0.15, 0.2) is 24.3 Å². The highest BCUT2D eigenvalue weighted by Crippen LogP contribution is 2.21. The summed E-state index contributed by atoms with van der Waals surface area (Å²) < 4.78 is 0. The summed E-state index contributed by atoms with van der Waals surface area (Å²) in [6.07, 6.45) is 0.387. The van der Waals surface area contributed by atoms with E-state index < -0.39 is 0 Å². The lowest BCUT2D eigenvalue weighted by Gasteiger charge is -2.17. The van der Waals surface area contributed by atoms with Crippen LogP contribution in [-0.2, 0) is 4.79 Å². The van der Waals surface area contributed by atoms with Gasteiger partial charge in [0, 0.05) is 44.4 Å². The first-order chi connectivity index (χ1) is 8.49. The van der Waals surface area contributed by atoms with Crippen molar-refractivity contribution in [2.75, 3.05) is 25.5 Å². The summed E-state index contributed by atoms with van der Waals surface area (Å²) in [7, 11) is 3.42. The van der Waals surface area contributed by atoms with E-state index in [2.05, 4.69) is 0 Å². The van der Waals surface area contributed by atoms with Crippen LogP contribution < -0.4 is 10.6 Å². The second-order valence-electron chi connectivity index (χ2n) is 4.72. The molecular weight excluding hydrogens is 230 g/mol. The van der Waals surface area contributed by atoms with E-state index in [0.717, 1.165) is 5.69 Å². The fourth-order valence-electron chi connectivity index (χ4n) is 2.03. The van der Waals surface area contributed by atoms with Crippen LogP contribution in [0.2, 0.25) is 0 Å². The zero-order valence-electron chi connectivity index (χ0n) is 10.6. The molecule has 1 atom stereocenters. The second kappa shape index (κ2) is 4.78. The molecule has 18 heavy (non-hydrogen) atoms. The number of hydrogen-bond donors (Lipinski definition) is 1. The quantitative estimate of drug-likeness (QED) is 0.825. The number of nitrogens with two attached hydrogens (primary N) is 1. The van der Waals surface area contributed by atoms with Gasteiger partial charge in [0.05, 0.1) is 0 Å². The van der Waals surface area contributed by atoms with E-state index in [0.29, 0.717) is 18.5 Å². The van der Waals surface area contributed by atoms with Gasteiger partial charge < -0.3 is 15.5 Å². The number of anilines is 1. The second-order valence-corrected chi connectivity index (χ2v) is 4.72. The van der Waals surface area contributed by atoms with Crippen LogP contribution in [0.25, 0.3) is 0 Å². The van der Waals surface area contributed by atoms with Crippen LogP contribution >= 0.6 is 0 Å². The van der Waals surface area contributed by atoms with Crippen molar-refractivity contribution >= 4 is 17.5 Å². The summed E-state index contributed by atoms with van der Waals surface area (Å²) in [5.41, 5.74) is 7.15. The van der Waals surface area contributed by atoms with Crippen molar-refractivity contribution < 1.29 is 9.59 Å². The minimum atomic E-state index is -0.0967. The lowest BCUT2D eigenvalue weighted by atomic mass is 10.2. The van der Waals surface area contributed by atoms with Gasteiger partial charge in [-0.2, -0.15) is 0 Å². The lowest BCUT2D eigenvalue weighted by Crippen LogP contribution is -2.28. The average Bonchev–Trinajstić information content (AvgIpc) is 2.67. The first-order valence-corrected chi connectivity index (χ1v) is 5.86. The van der Waals surface area contributed by atoms with Gasteiger partial charge in [-0.3, -0.25) is 9.59 Å². The molecule has 0 bridgehead atoms. The van der Waals surface area contributed by atoms with Crippen LogP contribution in [-0.4, -0.2) is 43.4 Å². The van der Waals surface area contributed by atoms with Gasteiger partial charge in [-0.05, 0) is 24.3 Å². The largest absolute Gasteiger partial charge is 0.345 e. The summed E-state index contributed by atoms with van der Waals surface area (Å²) in [4.78, 5) is 26.6. The highest BCUT2D eigenvalue weighted by atomic mass is 16.2. The van der Waals surface area contributed by atoms with Crippen molar-refractivity contribution in [1.29, 1.82) is 0 Å². The highest BCUT2D eigenvalue weighted by molar-refractivity contribution is 5.98. The monoisotopic (exact) mass is 247 g/mol. The van der Waals surface area contributed by atoms with Crippen LogP contribution in [0.1, 0.15) is 16.8 Å². The lowest BCUT2D eigenvalue weighted by molar-refractivity contribution is -0.117. The third kappa shape index (κ3) is 2.36. The van der Waals surface area contributed by atoms with Crippen molar-refractivity contribution in [3.63, 3.8) is 0 Å². The van der Waals surface area contributed by atoms with Crippen molar-refractivity contribution in [3.8, 4) is 0 Å². The molecule has 2 rings (SSSR count). The number of amides is 2. The van der Waals surface area contributed by atoms with Gasteiger partial charge in [-0.25, -0.2) is 0 Å². The number of carbonyl (C=O) groups excluding carboxylic acids is 2. The van der Waals surface area contributed by atoms with Gasteiger partial charge in [-0.1, -0.05) is 0 Å². The first-order valence-electron chi connectivity index (χ1n) is 5.86. The van der Waals surface area contributed by atoms with Gasteiger partial charge >= 0.3 is 0 Å². The zero-order chi connectivity index (χ0) is 13.3. The molecule has 1 unspecified atom stereocenters. The molecule has 1 saturated heterocycles. The number of hydrogen-bond acceptors (Lipinski definition) is 3. The van der Waals surface area contributed by atoms with E-state index in [1.807, 2.05) is 0 Å². The Balaban J connectivity index is 2.18. The molecule has 1 aromatic carbocycles. The Morgan fingerprint density at radius 3 is 2.39 bits per heavy atom. The molecule has 0 aromatic heterocycles. The Morgan fingerprint density at radius 1 is 1.33 bits per heavy atom. The fourth-order valence-corrected chi connectivity index (χ4v) is 2.03. The smallest absolute Gasteiger partial charge is 0.253 e. The van der Waals surface area contributed by atoms with Gasteiger partial charge in [0.2, 0.25) is 5.91 Å². The Bertz CT molecular complexity index is 468. The van der Waals surface area contributed by atoms with Crippen LogP contribution in [0, 0.1) is 0 Å². The van der Waals surface area contributed by atoms with E-state index in [-0.39, 0.29) is 17.9 Å². The molecule has 0 aliphatic carbocycles. The predicted molar refractivity (Wildman–Crippen MR) is 69.4 cm³/mol. The predicted octanol–water partition coefficient (Wildman–Crippen LogP) is 0.452. The van der Waals surface area contributed by atoms with E-state index in [1.165, 1.54) is 4.90 Å². The zero-order valence-corrected chi connectivity index (χ0v) is 10.6. The molecule has 1 aliphatic rings. The molecule has 0 saturated carbocycles. The molecule has 1 fully saturated rings. The molecule has 1 aromatic rings. The maximum atomic E-state index is 11.7. The van der Waals surface area contributed by atoms with Gasteiger partial charge in [0.1, 0.15) is 0 Å². The molecule has 2 N–H and O–H groups in total. The van der Waals surface area contributed by atoms with Gasteiger partial charge in [0.25, 0.3) is 5.91 Å².